The third kappa shape index (κ3) is 1.58. The van der Waals surface area contributed by atoms with Crippen molar-refractivity contribution in [1.29, 1.82) is 0 Å². The van der Waals surface area contributed by atoms with Crippen molar-refractivity contribution in [3.8, 4) is 0 Å². The monoisotopic (exact) mass is 152 g/mol. The Bertz CT molecular complexity index is 202. The average Bonchev–Trinajstić information content (AvgIpc) is 2.36. The molecule has 4 heteroatoms. The van der Waals surface area contributed by atoms with Crippen LogP contribution in [0, 0.1) is 0 Å². The molecular weight excluding hydrogens is 140 g/mol. The van der Waals surface area contributed by atoms with Gasteiger partial charge in [0.25, 0.3) is 0 Å². The van der Waals surface area contributed by atoms with Crippen molar-refractivity contribution in [1.82, 2.24) is 20.6 Å². The molecule has 2 heterocycles. The maximum Gasteiger partial charge on any atom is 0.0922 e. The molecule has 0 saturated carbocycles. The lowest BCUT2D eigenvalue weighted by Crippen LogP contribution is -2.55. The van der Waals surface area contributed by atoms with Crippen LogP contribution >= 0.6 is 0 Å². The Morgan fingerprint density at radius 2 is 2.55 bits per heavy atom. The van der Waals surface area contributed by atoms with Gasteiger partial charge in [0.1, 0.15) is 0 Å². The molecule has 1 aromatic rings. The molecule has 0 unspecified atom stereocenters. The summed E-state index contributed by atoms with van der Waals surface area (Å²) in [5, 5.41) is 6.59. The van der Waals surface area contributed by atoms with Gasteiger partial charge >= 0.3 is 0 Å². The highest BCUT2D eigenvalue weighted by atomic mass is 15.1. The van der Waals surface area contributed by atoms with Gasteiger partial charge in [0.05, 0.1) is 6.33 Å². The zero-order valence-electron chi connectivity index (χ0n) is 6.30. The summed E-state index contributed by atoms with van der Waals surface area (Å²) in [4.78, 5) is 6.98. The van der Waals surface area contributed by atoms with Crippen LogP contribution in [0.5, 0.6) is 0 Å². The second-order valence-corrected chi connectivity index (χ2v) is 2.81. The van der Waals surface area contributed by atoms with Crippen molar-refractivity contribution in [3.63, 3.8) is 0 Å². The van der Waals surface area contributed by atoms with Crippen LogP contribution in [-0.4, -0.2) is 29.1 Å². The summed E-state index contributed by atoms with van der Waals surface area (Å²) >= 11 is 0. The maximum absolute atomic E-state index is 3.93. The molecule has 0 atom stereocenters. The van der Waals surface area contributed by atoms with Crippen LogP contribution in [0.1, 0.15) is 5.69 Å². The van der Waals surface area contributed by atoms with Gasteiger partial charge in [-0.3, -0.25) is 0 Å². The van der Waals surface area contributed by atoms with E-state index < -0.39 is 0 Å². The molecular formula is C7H12N4. The predicted octanol–water partition coefficient (Wildman–Crippen LogP) is -0.529. The Balaban J connectivity index is 1.74. The summed E-state index contributed by atoms with van der Waals surface area (Å²) in [5.41, 5.74) is 1.15. The van der Waals surface area contributed by atoms with Crippen LogP contribution in [0.2, 0.25) is 0 Å². The largest absolute Gasteiger partial charge is 0.347 e. The highest BCUT2D eigenvalue weighted by Gasteiger charge is 2.14. The highest BCUT2D eigenvalue weighted by molar-refractivity contribution is 4.95. The molecule has 2 rings (SSSR count). The Morgan fingerprint density at radius 1 is 1.64 bits per heavy atom. The summed E-state index contributed by atoms with van der Waals surface area (Å²) in [6.07, 6.45) is 3.55. The molecule has 4 nitrogen and oxygen atoms in total. The molecule has 0 bridgehead atoms. The minimum absolute atomic E-state index is 0.651. The van der Waals surface area contributed by atoms with Crippen molar-refractivity contribution < 1.29 is 0 Å². The summed E-state index contributed by atoms with van der Waals surface area (Å²) < 4.78 is 0. The fourth-order valence-corrected chi connectivity index (χ4v) is 1.07. The van der Waals surface area contributed by atoms with Gasteiger partial charge in [-0.1, -0.05) is 0 Å². The standard InChI is InChI=1S/C7H12N4/c1-6(2-8-1)10-4-7-3-9-5-11-7/h3,5-6,8,10H,1-2,4H2,(H,9,11). The van der Waals surface area contributed by atoms with Gasteiger partial charge in [-0.25, -0.2) is 4.98 Å². The van der Waals surface area contributed by atoms with Gasteiger partial charge in [0.15, 0.2) is 0 Å². The quantitative estimate of drug-likeness (QED) is 0.546. The minimum atomic E-state index is 0.651. The molecule has 1 saturated heterocycles. The second kappa shape index (κ2) is 3.02. The number of rotatable bonds is 3. The zero-order chi connectivity index (χ0) is 7.52. The normalized spacial score (nSPS) is 18.2. The lowest BCUT2D eigenvalue weighted by molar-refractivity contribution is 0.364. The van der Waals surface area contributed by atoms with Crippen LogP contribution in [0.3, 0.4) is 0 Å². The van der Waals surface area contributed by atoms with E-state index >= 15 is 0 Å². The molecule has 0 aromatic carbocycles. The number of H-pyrrole nitrogens is 1. The first-order chi connectivity index (χ1) is 5.45. The molecule has 0 radical (unpaired) electrons. The molecule has 1 aliphatic heterocycles. The average molecular weight is 152 g/mol. The van der Waals surface area contributed by atoms with Crippen molar-refractivity contribution in [2.45, 2.75) is 12.6 Å². The Kier molecular flexibility index (Phi) is 1.87. The number of aromatic nitrogens is 2. The first-order valence-corrected chi connectivity index (χ1v) is 3.86. The van der Waals surface area contributed by atoms with E-state index in [4.69, 9.17) is 0 Å². The van der Waals surface area contributed by atoms with Gasteiger partial charge < -0.3 is 15.6 Å². The Labute approximate surface area is 65.4 Å². The number of hydrogen-bond donors (Lipinski definition) is 3. The van der Waals surface area contributed by atoms with E-state index in [1.54, 1.807) is 6.33 Å². The summed E-state index contributed by atoms with van der Waals surface area (Å²) in [6.45, 7) is 3.08. The fourth-order valence-electron chi connectivity index (χ4n) is 1.07. The molecule has 1 aliphatic rings. The van der Waals surface area contributed by atoms with Crippen LogP contribution in [-0.2, 0) is 6.54 Å². The van der Waals surface area contributed by atoms with E-state index in [2.05, 4.69) is 20.6 Å². The van der Waals surface area contributed by atoms with Gasteiger partial charge in [-0.15, -0.1) is 0 Å². The molecule has 60 valence electrons. The second-order valence-electron chi connectivity index (χ2n) is 2.81. The first-order valence-electron chi connectivity index (χ1n) is 3.86. The fraction of sp³-hybridized carbons (Fsp3) is 0.571. The molecule has 0 spiro atoms. The maximum atomic E-state index is 3.93. The van der Waals surface area contributed by atoms with Crippen LogP contribution in [0.15, 0.2) is 12.5 Å². The topological polar surface area (TPSA) is 52.7 Å². The molecule has 3 N–H and O–H groups in total. The van der Waals surface area contributed by atoms with E-state index in [-0.39, 0.29) is 0 Å². The van der Waals surface area contributed by atoms with Gasteiger partial charge in [0.2, 0.25) is 0 Å². The lowest BCUT2D eigenvalue weighted by atomic mass is 10.2. The summed E-state index contributed by atoms with van der Waals surface area (Å²) in [7, 11) is 0. The van der Waals surface area contributed by atoms with Crippen molar-refractivity contribution in [3.05, 3.63) is 18.2 Å². The number of imidazole rings is 1. The van der Waals surface area contributed by atoms with E-state index in [0.717, 1.165) is 25.3 Å². The van der Waals surface area contributed by atoms with Crippen LogP contribution in [0.25, 0.3) is 0 Å². The lowest BCUT2D eigenvalue weighted by Gasteiger charge is -2.27. The molecule has 1 fully saturated rings. The minimum Gasteiger partial charge on any atom is -0.347 e. The van der Waals surface area contributed by atoms with E-state index in [0.29, 0.717) is 6.04 Å². The summed E-state index contributed by atoms with van der Waals surface area (Å²) in [6, 6.07) is 0.651. The third-order valence-electron chi connectivity index (χ3n) is 1.92. The number of nitrogens with one attached hydrogen (secondary N) is 3. The molecule has 0 amide bonds. The van der Waals surface area contributed by atoms with Crippen LogP contribution in [0.4, 0.5) is 0 Å². The zero-order valence-corrected chi connectivity index (χ0v) is 6.30. The van der Waals surface area contributed by atoms with Gasteiger partial charge in [0, 0.05) is 37.6 Å². The molecule has 1 aromatic heterocycles. The van der Waals surface area contributed by atoms with E-state index in [1.165, 1.54) is 0 Å². The number of hydrogen-bond acceptors (Lipinski definition) is 3. The highest BCUT2D eigenvalue weighted by Crippen LogP contribution is 1.94. The van der Waals surface area contributed by atoms with E-state index in [1.807, 2.05) is 6.20 Å². The van der Waals surface area contributed by atoms with Gasteiger partial charge in [-0.05, 0) is 0 Å². The van der Waals surface area contributed by atoms with Crippen molar-refractivity contribution >= 4 is 0 Å². The number of nitrogens with zero attached hydrogens (tertiary/aromatic N) is 1. The van der Waals surface area contributed by atoms with Crippen LogP contribution < -0.4 is 10.6 Å². The van der Waals surface area contributed by atoms with E-state index in [9.17, 15) is 0 Å². The molecule has 0 aliphatic carbocycles. The van der Waals surface area contributed by atoms with Crippen molar-refractivity contribution in [2.24, 2.45) is 0 Å². The SMILES string of the molecule is c1ncc(CNC2CNC2)[nH]1. The smallest absolute Gasteiger partial charge is 0.0922 e. The first kappa shape index (κ1) is 6.82. The third-order valence-corrected chi connectivity index (χ3v) is 1.92. The Hall–Kier alpha value is -0.870. The summed E-state index contributed by atoms with van der Waals surface area (Å²) in [5.74, 6) is 0. The van der Waals surface area contributed by atoms with Gasteiger partial charge in [-0.2, -0.15) is 0 Å². The Morgan fingerprint density at radius 3 is 3.09 bits per heavy atom. The van der Waals surface area contributed by atoms with Crippen molar-refractivity contribution in [2.75, 3.05) is 13.1 Å². The molecule has 11 heavy (non-hydrogen) atoms. The number of aromatic amines is 1. The predicted molar refractivity (Wildman–Crippen MR) is 42.1 cm³/mol.